The van der Waals surface area contributed by atoms with E-state index in [9.17, 15) is 5.26 Å². The van der Waals surface area contributed by atoms with Crippen molar-refractivity contribution >= 4 is 11.0 Å². The molecule has 0 amide bonds. The van der Waals surface area contributed by atoms with Gasteiger partial charge in [0.15, 0.2) is 11.0 Å². The van der Waals surface area contributed by atoms with Crippen molar-refractivity contribution in [1.29, 1.82) is 5.26 Å². The molecule has 0 radical (unpaired) electrons. The molecule has 1 aromatic heterocycles. The van der Waals surface area contributed by atoms with E-state index < -0.39 is 0 Å². The van der Waals surface area contributed by atoms with E-state index in [4.69, 9.17) is 0 Å². The van der Waals surface area contributed by atoms with Gasteiger partial charge in [0.2, 0.25) is 6.33 Å². The zero-order valence-corrected chi connectivity index (χ0v) is 11.0. The molecule has 0 saturated carbocycles. The number of hydrogen-bond donors (Lipinski definition) is 0. The van der Waals surface area contributed by atoms with E-state index in [2.05, 4.69) is 29.7 Å². The Morgan fingerprint density at radius 2 is 1.89 bits per heavy atom. The molecule has 0 N–H and O–H groups in total. The van der Waals surface area contributed by atoms with Crippen molar-refractivity contribution in [2.24, 2.45) is 7.05 Å². The Balaban J connectivity index is 2.40. The Bertz CT molecular complexity index is 806. The lowest BCUT2D eigenvalue weighted by molar-refractivity contribution is -0.645. The van der Waals surface area contributed by atoms with E-state index in [1.54, 1.807) is 0 Å². The van der Waals surface area contributed by atoms with Crippen molar-refractivity contribution in [2.45, 2.75) is 6.92 Å². The summed E-state index contributed by atoms with van der Waals surface area (Å²) in [5.41, 5.74) is 5.07. The Kier molecular flexibility index (Phi) is 2.57. The molecule has 0 saturated heterocycles. The molecule has 0 aliphatic heterocycles. The summed E-state index contributed by atoms with van der Waals surface area (Å²) in [5.74, 6) is 0. The maximum absolute atomic E-state index is 9.22. The van der Waals surface area contributed by atoms with E-state index in [0.29, 0.717) is 5.56 Å². The molecule has 0 aliphatic carbocycles. The van der Waals surface area contributed by atoms with Crippen molar-refractivity contribution in [3.63, 3.8) is 0 Å². The van der Waals surface area contributed by atoms with E-state index in [-0.39, 0.29) is 0 Å². The zero-order chi connectivity index (χ0) is 13.4. The molecule has 0 spiro atoms. The smallest absolute Gasteiger partial charge is 0.231 e. The predicted molar refractivity (Wildman–Crippen MR) is 73.9 cm³/mol. The molecule has 3 nitrogen and oxygen atoms in total. The number of imidazole rings is 1. The number of aryl methyl sites for hydroxylation is 2. The molecule has 3 heteroatoms. The van der Waals surface area contributed by atoms with Gasteiger partial charge in [-0.25, -0.2) is 4.57 Å². The molecule has 0 atom stereocenters. The summed E-state index contributed by atoms with van der Waals surface area (Å²) in [4.78, 5) is 0. The summed E-state index contributed by atoms with van der Waals surface area (Å²) in [5, 5.41) is 9.22. The first-order chi connectivity index (χ1) is 9.22. The third-order valence-electron chi connectivity index (χ3n) is 3.41. The largest absolute Gasteiger partial charge is 0.249 e. The minimum Gasteiger partial charge on any atom is -0.231 e. The van der Waals surface area contributed by atoms with Crippen LogP contribution in [0, 0.1) is 18.3 Å². The van der Waals surface area contributed by atoms with Gasteiger partial charge in [0.25, 0.3) is 0 Å². The molecule has 0 aliphatic rings. The molecule has 0 bridgehead atoms. The van der Waals surface area contributed by atoms with E-state index >= 15 is 0 Å². The van der Waals surface area contributed by atoms with Gasteiger partial charge in [0, 0.05) is 0 Å². The molecule has 3 rings (SSSR count). The summed E-state index contributed by atoms with van der Waals surface area (Å²) < 4.78 is 4.13. The van der Waals surface area contributed by atoms with E-state index in [1.165, 1.54) is 5.56 Å². The molecule has 3 aromatic rings. The first kappa shape index (κ1) is 11.5. The molecule has 92 valence electrons. The Morgan fingerprint density at radius 3 is 2.63 bits per heavy atom. The van der Waals surface area contributed by atoms with Gasteiger partial charge < -0.3 is 0 Å². The summed E-state index contributed by atoms with van der Waals surface area (Å²) in [7, 11) is 1.97. The maximum Gasteiger partial charge on any atom is 0.249 e. The van der Waals surface area contributed by atoms with Gasteiger partial charge >= 0.3 is 0 Å². The molecule has 0 unspecified atom stereocenters. The summed E-state index contributed by atoms with van der Waals surface area (Å²) in [6.45, 7) is 2.09. The van der Waals surface area contributed by atoms with Crippen LogP contribution in [0.3, 0.4) is 0 Å². The summed E-state index contributed by atoms with van der Waals surface area (Å²) in [6, 6.07) is 16.3. The van der Waals surface area contributed by atoms with Gasteiger partial charge in [-0.1, -0.05) is 24.3 Å². The number of fused-ring (bicyclic) bond motifs is 1. The van der Waals surface area contributed by atoms with Crippen LogP contribution >= 0.6 is 0 Å². The second-order valence-corrected chi connectivity index (χ2v) is 4.67. The minimum atomic E-state index is 0.701. The van der Waals surface area contributed by atoms with Gasteiger partial charge in [-0.2, -0.15) is 9.83 Å². The van der Waals surface area contributed by atoms with Crippen molar-refractivity contribution in [1.82, 2.24) is 4.57 Å². The number of hydrogen-bond acceptors (Lipinski definition) is 1. The van der Waals surface area contributed by atoms with E-state index in [0.717, 1.165) is 16.7 Å². The fraction of sp³-hybridized carbons (Fsp3) is 0.125. The Labute approximate surface area is 112 Å². The Morgan fingerprint density at radius 1 is 1.11 bits per heavy atom. The highest BCUT2D eigenvalue weighted by molar-refractivity contribution is 5.80. The van der Waals surface area contributed by atoms with Crippen LogP contribution in [0.25, 0.3) is 16.7 Å². The monoisotopic (exact) mass is 248 g/mol. The van der Waals surface area contributed by atoms with Crippen molar-refractivity contribution in [3.05, 3.63) is 59.9 Å². The number of benzene rings is 2. The van der Waals surface area contributed by atoms with Crippen molar-refractivity contribution in [2.75, 3.05) is 0 Å². The number of para-hydroxylation sites is 2. The average Bonchev–Trinajstić information content (AvgIpc) is 2.77. The van der Waals surface area contributed by atoms with Crippen LogP contribution < -0.4 is 4.57 Å². The summed E-state index contributed by atoms with van der Waals surface area (Å²) in [6.07, 6.45) is 2.02. The standard InChI is InChI=1S/C16H14N3/c1-12-6-3-4-8-14(12)19-11-18(2)16-13(10-17)7-5-9-15(16)19/h3-9,11H,1-2H3/q+1. The summed E-state index contributed by atoms with van der Waals surface area (Å²) >= 11 is 0. The van der Waals surface area contributed by atoms with Crippen LogP contribution in [0.1, 0.15) is 11.1 Å². The third-order valence-corrected chi connectivity index (χ3v) is 3.41. The van der Waals surface area contributed by atoms with Crippen LogP contribution in [0.5, 0.6) is 0 Å². The topological polar surface area (TPSA) is 32.6 Å². The number of rotatable bonds is 1. The molecular weight excluding hydrogens is 234 g/mol. The number of nitrogens with zero attached hydrogens (tertiary/aromatic N) is 3. The fourth-order valence-corrected chi connectivity index (χ4v) is 2.51. The van der Waals surface area contributed by atoms with Crippen LogP contribution in [0.15, 0.2) is 48.8 Å². The lowest BCUT2D eigenvalue weighted by Gasteiger charge is -2.00. The molecule has 19 heavy (non-hydrogen) atoms. The lowest BCUT2D eigenvalue weighted by Crippen LogP contribution is -2.26. The molecule has 2 aromatic carbocycles. The average molecular weight is 248 g/mol. The lowest BCUT2D eigenvalue weighted by atomic mass is 10.1. The quantitative estimate of drug-likeness (QED) is 0.609. The van der Waals surface area contributed by atoms with Crippen molar-refractivity contribution in [3.8, 4) is 11.8 Å². The van der Waals surface area contributed by atoms with Crippen LogP contribution in [0.4, 0.5) is 0 Å². The van der Waals surface area contributed by atoms with Gasteiger partial charge in [-0.15, -0.1) is 0 Å². The SMILES string of the molecule is Cc1ccccc1-n1c[n+](C)c2c(C#N)cccc21. The molecule has 0 fully saturated rings. The molecule has 1 heterocycles. The second-order valence-electron chi connectivity index (χ2n) is 4.67. The number of nitriles is 1. The van der Waals surface area contributed by atoms with Gasteiger partial charge in [-0.05, 0) is 30.7 Å². The van der Waals surface area contributed by atoms with Crippen molar-refractivity contribution < 1.29 is 4.57 Å². The normalized spacial score (nSPS) is 10.6. The maximum atomic E-state index is 9.22. The van der Waals surface area contributed by atoms with E-state index in [1.807, 2.05) is 48.3 Å². The molecular formula is C16H14N3+. The Hall–Kier alpha value is -2.60. The van der Waals surface area contributed by atoms with Gasteiger partial charge in [-0.3, -0.25) is 0 Å². The van der Waals surface area contributed by atoms with Crippen LogP contribution in [-0.2, 0) is 7.05 Å². The fourth-order valence-electron chi connectivity index (χ4n) is 2.51. The zero-order valence-electron chi connectivity index (χ0n) is 11.0. The highest BCUT2D eigenvalue weighted by Gasteiger charge is 2.18. The second kappa shape index (κ2) is 4.25. The predicted octanol–water partition coefficient (Wildman–Crippen LogP) is 2.64. The highest BCUT2D eigenvalue weighted by atomic mass is 15.1. The number of aromatic nitrogens is 2. The van der Waals surface area contributed by atoms with Gasteiger partial charge in [0.05, 0.1) is 7.05 Å². The minimum absolute atomic E-state index is 0.701. The first-order valence-corrected chi connectivity index (χ1v) is 6.18. The third kappa shape index (κ3) is 1.69. The van der Waals surface area contributed by atoms with Crippen LogP contribution in [-0.4, -0.2) is 4.57 Å². The highest BCUT2D eigenvalue weighted by Crippen LogP contribution is 2.21. The van der Waals surface area contributed by atoms with Gasteiger partial charge in [0.1, 0.15) is 17.3 Å². The van der Waals surface area contributed by atoms with Crippen LogP contribution in [0.2, 0.25) is 0 Å². The first-order valence-electron chi connectivity index (χ1n) is 6.18.